The molecule has 2 rings (SSSR count). The van der Waals surface area contributed by atoms with Gasteiger partial charge in [-0.25, -0.2) is 13.4 Å². The lowest BCUT2D eigenvalue weighted by molar-refractivity contribution is -0.128. The molecule has 1 amide bonds. The fourth-order valence-corrected chi connectivity index (χ4v) is 3.71. The first-order chi connectivity index (χ1) is 9.77. The molecule has 0 radical (unpaired) electrons. The monoisotopic (exact) mass is 347 g/mol. The second kappa shape index (κ2) is 6.47. The molecule has 0 aliphatic carbocycles. The van der Waals surface area contributed by atoms with Gasteiger partial charge in [0.05, 0.1) is 28.5 Å². The molecule has 9 heteroatoms. The molecule has 0 atom stereocenters. The summed E-state index contributed by atoms with van der Waals surface area (Å²) in [4.78, 5) is 18.2. The Morgan fingerprint density at radius 2 is 2.29 bits per heavy atom. The van der Waals surface area contributed by atoms with Crippen LogP contribution in [0.25, 0.3) is 6.08 Å². The highest BCUT2D eigenvalue weighted by Gasteiger charge is 2.26. The summed E-state index contributed by atoms with van der Waals surface area (Å²) in [6.07, 6.45) is 2.97. The van der Waals surface area contributed by atoms with E-state index >= 15 is 0 Å². The van der Waals surface area contributed by atoms with Crippen LogP contribution in [0.15, 0.2) is 10.4 Å². The van der Waals surface area contributed by atoms with Crippen LogP contribution in [0.2, 0.25) is 0 Å². The van der Waals surface area contributed by atoms with Crippen molar-refractivity contribution in [2.45, 2.75) is 6.92 Å². The summed E-state index contributed by atoms with van der Waals surface area (Å²) in [7, 11) is -1.95. The minimum absolute atomic E-state index is 0.146. The molecule has 116 valence electrons. The first-order valence-corrected chi connectivity index (χ1v) is 9.97. The van der Waals surface area contributed by atoms with Crippen LogP contribution in [-0.2, 0) is 14.8 Å². The van der Waals surface area contributed by atoms with Crippen molar-refractivity contribution >= 4 is 45.1 Å². The second-order valence-electron chi connectivity index (χ2n) is 4.69. The van der Waals surface area contributed by atoms with Crippen molar-refractivity contribution in [3.8, 4) is 0 Å². The number of carbonyl (C=O) groups excluding carboxylic acids is 1. The number of likely N-dealkylation sites (N-methyl/N-ethyl adjacent to an activating group) is 1. The third-order valence-corrected chi connectivity index (χ3v) is 6.04. The van der Waals surface area contributed by atoms with E-state index in [1.807, 2.05) is 18.4 Å². The van der Waals surface area contributed by atoms with Gasteiger partial charge in [-0.05, 0) is 13.0 Å². The smallest absolute Gasteiger partial charge is 0.242 e. The van der Waals surface area contributed by atoms with Gasteiger partial charge in [-0.2, -0.15) is 4.31 Å². The number of aromatic nitrogens is 1. The number of thioether (sulfide) groups is 1. The number of hydrogen-bond acceptors (Lipinski definition) is 6. The van der Waals surface area contributed by atoms with Crippen LogP contribution in [0.5, 0.6) is 0 Å². The Morgan fingerprint density at radius 1 is 1.57 bits per heavy atom. The Bertz CT molecular complexity index is 666. The number of thiazole rings is 1. The van der Waals surface area contributed by atoms with Gasteiger partial charge in [-0.3, -0.25) is 4.79 Å². The van der Waals surface area contributed by atoms with Gasteiger partial charge in [-0.1, -0.05) is 0 Å². The third-order valence-electron chi connectivity index (χ3n) is 2.96. The molecule has 0 saturated carbocycles. The summed E-state index contributed by atoms with van der Waals surface area (Å²) in [5.74, 6) is 0.592. The van der Waals surface area contributed by atoms with E-state index in [0.29, 0.717) is 6.54 Å². The maximum Gasteiger partial charge on any atom is 0.242 e. The van der Waals surface area contributed by atoms with Gasteiger partial charge in [0.2, 0.25) is 15.9 Å². The highest BCUT2D eigenvalue weighted by molar-refractivity contribution is 8.03. The van der Waals surface area contributed by atoms with Crippen molar-refractivity contribution in [1.82, 2.24) is 14.2 Å². The summed E-state index contributed by atoms with van der Waals surface area (Å²) in [5, 5.41) is 3.73. The van der Waals surface area contributed by atoms with Crippen LogP contribution < -0.4 is 0 Å². The molecule has 6 nitrogen and oxygen atoms in total. The molecule has 1 aromatic heterocycles. The van der Waals surface area contributed by atoms with Crippen LogP contribution in [0.1, 0.15) is 10.7 Å². The molecule has 1 aliphatic rings. The first-order valence-electron chi connectivity index (χ1n) is 6.25. The molecule has 1 aromatic rings. The maximum atomic E-state index is 12.3. The zero-order valence-electron chi connectivity index (χ0n) is 12.1. The van der Waals surface area contributed by atoms with Crippen LogP contribution in [0, 0.1) is 6.92 Å². The topological polar surface area (TPSA) is 70.6 Å². The summed E-state index contributed by atoms with van der Waals surface area (Å²) >= 11 is 3.14. The Balaban J connectivity index is 2.11. The maximum absolute atomic E-state index is 12.3. The van der Waals surface area contributed by atoms with Gasteiger partial charge in [0.25, 0.3) is 0 Å². The zero-order chi connectivity index (χ0) is 15.6. The lowest BCUT2D eigenvalue weighted by Crippen LogP contribution is -2.38. The molecule has 2 heterocycles. The van der Waals surface area contributed by atoms with Gasteiger partial charge in [0, 0.05) is 24.7 Å². The van der Waals surface area contributed by atoms with Gasteiger partial charge < -0.3 is 4.90 Å². The Morgan fingerprint density at radius 3 is 2.86 bits per heavy atom. The lowest BCUT2D eigenvalue weighted by Gasteiger charge is -2.20. The summed E-state index contributed by atoms with van der Waals surface area (Å²) in [6, 6.07) is 0. The molecule has 21 heavy (non-hydrogen) atoms. The molecule has 0 unspecified atom stereocenters. The first kappa shape index (κ1) is 16.5. The molecular weight excluding hydrogens is 330 g/mol. The highest BCUT2D eigenvalue weighted by Crippen LogP contribution is 2.30. The average molecular weight is 347 g/mol. The molecule has 1 fully saturated rings. The number of nitrogens with zero attached hydrogens (tertiary/aromatic N) is 3. The van der Waals surface area contributed by atoms with Crippen molar-refractivity contribution in [1.29, 1.82) is 0 Å². The van der Waals surface area contributed by atoms with E-state index in [1.165, 1.54) is 7.05 Å². The molecular formula is C12H17N3O3S3. The number of amides is 1. The van der Waals surface area contributed by atoms with E-state index in [0.717, 1.165) is 32.0 Å². The fourth-order valence-electron chi connectivity index (χ4n) is 1.76. The van der Waals surface area contributed by atoms with Crippen molar-refractivity contribution in [2.75, 3.05) is 32.1 Å². The lowest BCUT2D eigenvalue weighted by atomic mass is 10.4. The summed E-state index contributed by atoms with van der Waals surface area (Å²) in [6.45, 7) is 2.38. The number of carbonyl (C=O) groups is 1. The summed E-state index contributed by atoms with van der Waals surface area (Å²) in [5.41, 5.74) is 0.830. The largest absolute Gasteiger partial charge is 0.305 e. The van der Waals surface area contributed by atoms with Crippen molar-refractivity contribution in [3.05, 3.63) is 21.1 Å². The van der Waals surface area contributed by atoms with Gasteiger partial charge in [-0.15, -0.1) is 23.1 Å². The SMILES string of the molecule is Cc1nc(/C=C2/SCCN2C(=O)CN(C)S(C)(=O)=O)cs1. The second-order valence-corrected chi connectivity index (χ2v) is 8.95. The highest BCUT2D eigenvalue weighted by atomic mass is 32.2. The minimum Gasteiger partial charge on any atom is -0.305 e. The molecule has 0 N–H and O–H groups in total. The molecule has 0 spiro atoms. The van der Waals surface area contributed by atoms with Crippen molar-refractivity contribution in [3.63, 3.8) is 0 Å². The van der Waals surface area contributed by atoms with Crippen LogP contribution in [-0.4, -0.2) is 60.7 Å². The fraction of sp³-hybridized carbons (Fsp3) is 0.500. The number of aryl methyl sites for hydroxylation is 1. The van der Waals surface area contributed by atoms with E-state index < -0.39 is 10.0 Å². The number of rotatable bonds is 4. The van der Waals surface area contributed by atoms with Crippen LogP contribution in [0.3, 0.4) is 0 Å². The van der Waals surface area contributed by atoms with Crippen LogP contribution in [0.4, 0.5) is 0 Å². The third kappa shape index (κ3) is 4.29. The van der Waals surface area contributed by atoms with E-state index in [2.05, 4.69) is 4.98 Å². The van der Waals surface area contributed by atoms with E-state index in [-0.39, 0.29) is 12.5 Å². The van der Waals surface area contributed by atoms with Gasteiger partial charge in [0.1, 0.15) is 0 Å². The average Bonchev–Trinajstić information content (AvgIpc) is 2.98. The number of sulfonamides is 1. The molecule has 0 bridgehead atoms. The van der Waals surface area contributed by atoms with E-state index in [1.54, 1.807) is 28.0 Å². The van der Waals surface area contributed by atoms with Gasteiger partial charge >= 0.3 is 0 Å². The Kier molecular flexibility index (Phi) is 5.07. The van der Waals surface area contributed by atoms with E-state index in [4.69, 9.17) is 0 Å². The normalized spacial score (nSPS) is 17.9. The standard InChI is InChI=1S/C12H17N3O3S3/c1-9-13-10(8-20-9)6-12-15(4-5-19-12)11(16)7-14(2)21(3,17)18/h6,8H,4-5,7H2,1-3H3/b12-6+. The van der Waals surface area contributed by atoms with Crippen molar-refractivity contribution < 1.29 is 13.2 Å². The summed E-state index contributed by atoms with van der Waals surface area (Å²) < 4.78 is 23.8. The zero-order valence-corrected chi connectivity index (χ0v) is 14.5. The van der Waals surface area contributed by atoms with Gasteiger partial charge in [0.15, 0.2) is 0 Å². The Hall–Kier alpha value is -0.900. The molecule has 0 aromatic carbocycles. The van der Waals surface area contributed by atoms with E-state index in [9.17, 15) is 13.2 Å². The van der Waals surface area contributed by atoms with Crippen molar-refractivity contribution in [2.24, 2.45) is 0 Å². The molecule has 1 saturated heterocycles. The predicted octanol–water partition coefficient (Wildman–Crippen LogP) is 1.22. The van der Waals surface area contributed by atoms with Crippen LogP contribution >= 0.6 is 23.1 Å². The Labute approximate surface area is 132 Å². The molecule has 1 aliphatic heterocycles. The predicted molar refractivity (Wildman–Crippen MR) is 86.5 cm³/mol. The minimum atomic E-state index is -3.35. The quantitative estimate of drug-likeness (QED) is 0.819. The number of hydrogen-bond donors (Lipinski definition) is 0.